The molecule has 146 valence electrons. The second-order valence-electron chi connectivity index (χ2n) is 5.91. The van der Waals surface area contributed by atoms with Crippen LogP contribution in [0.1, 0.15) is 21.5 Å². The molecule has 0 saturated heterocycles. The second kappa shape index (κ2) is 6.77. The SMILES string of the molecule is NC(=O)c1c(CC(F)(F)F)c(-c2cccnc2)nc2c(C(F)(F)F)cccc12. The van der Waals surface area contributed by atoms with Gasteiger partial charge in [-0.05, 0) is 18.2 Å². The fourth-order valence-electron chi connectivity index (χ4n) is 2.95. The number of aromatic nitrogens is 2. The monoisotopic (exact) mass is 399 g/mol. The van der Waals surface area contributed by atoms with Gasteiger partial charge in [-0.3, -0.25) is 9.78 Å². The lowest BCUT2D eigenvalue weighted by Crippen LogP contribution is -2.21. The predicted molar refractivity (Wildman–Crippen MR) is 88.3 cm³/mol. The third-order valence-corrected chi connectivity index (χ3v) is 3.98. The first-order valence-electron chi connectivity index (χ1n) is 7.79. The number of rotatable bonds is 3. The standard InChI is InChI=1S/C18H11F6N3O/c19-17(20,21)7-11-13(16(25)28)10-4-1-5-12(18(22,23)24)15(10)27-14(11)9-3-2-6-26-8-9/h1-6,8H,7H2,(H2,25,28). The van der Waals surface area contributed by atoms with Crippen LogP contribution in [0.3, 0.4) is 0 Å². The zero-order valence-electron chi connectivity index (χ0n) is 13.9. The summed E-state index contributed by atoms with van der Waals surface area (Å²) >= 11 is 0. The Labute approximate surface area is 154 Å². The Morgan fingerprint density at radius 2 is 1.75 bits per heavy atom. The molecule has 0 spiro atoms. The second-order valence-corrected chi connectivity index (χ2v) is 5.91. The Kier molecular flexibility index (Phi) is 4.74. The Hall–Kier alpha value is -3.17. The van der Waals surface area contributed by atoms with Crippen LogP contribution < -0.4 is 5.73 Å². The summed E-state index contributed by atoms with van der Waals surface area (Å²) in [4.78, 5) is 19.6. The number of nitrogens with two attached hydrogens (primary N) is 1. The minimum Gasteiger partial charge on any atom is -0.366 e. The number of carbonyl (C=O) groups excluding carboxylic acids is 1. The molecule has 3 rings (SSSR count). The Balaban J connectivity index is 2.50. The van der Waals surface area contributed by atoms with E-state index in [9.17, 15) is 31.1 Å². The van der Waals surface area contributed by atoms with Crippen LogP contribution in [0.25, 0.3) is 22.2 Å². The summed E-state index contributed by atoms with van der Waals surface area (Å²) in [7, 11) is 0. The number of halogens is 6. The molecule has 0 radical (unpaired) electrons. The summed E-state index contributed by atoms with van der Waals surface area (Å²) in [5.74, 6) is -1.28. The fraction of sp³-hybridized carbons (Fsp3) is 0.167. The zero-order chi connectivity index (χ0) is 20.7. The lowest BCUT2D eigenvalue weighted by atomic mass is 9.93. The molecular weight excluding hydrogens is 388 g/mol. The van der Waals surface area contributed by atoms with Gasteiger partial charge in [0, 0.05) is 28.9 Å². The highest BCUT2D eigenvalue weighted by Gasteiger charge is 2.37. The van der Waals surface area contributed by atoms with Gasteiger partial charge >= 0.3 is 12.4 Å². The zero-order valence-corrected chi connectivity index (χ0v) is 13.9. The summed E-state index contributed by atoms with van der Waals surface area (Å²) < 4.78 is 79.7. The van der Waals surface area contributed by atoms with Crippen molar-refractivity contribution in [2.45, 2.75) is 18.8 Å². The summed E-state index contributed by atoms with van der Waals surface area (Å²) in [6.45, 7) is 0. The van der Waals surface area contributed by atoms with E-state index in [2.05, 4.69) is 9.97 Å². The number of hydrogen-bond acceptors (Lipinski definition) is 3. The van der Waals surface area contributed by atoms with E-state index in [-0.39, 0.29) is 5.56 Å². The van der Waals surface area contributed by atoms with Crippen LogP contribution >= 0.6 is 0 Å². The molecule has 2 heterocycles. The number of benzene rings is 1. The highest BCUT2D eigenvalue weighted by molar-refractivity contribution is 6.09. The van der Waals surface area contributed by atoms with E-state index >= 15 is 0 Å². The van der Waals surface area contributed by atoms with Gasteiger partial charge in [0.1, 0.15) is 0 Å². The molecule has 0 aliphatic carbocycles. The highest BCUT2D eigenvalue weighted by atomic mass is 19.4. The molecular formula is C18H11F6N3O. The predicted octanol–water partition coefficient (Wildman–Crippen LogP) is 4.52. The number of hydrogen-bond donors (Lipinski definition) is 1. The van der Waals surface area contributed by atoms with Crippen LogP contribution in [0.15, 0.2) is 42.7 Å². The van der Waals surface area contributed by atoms with Crippen LogP contribution in [-0.2, 0) is 12.6 Å². The molecule has 3 aromatic rings. The summed E-state index contributed by atoms with van der Waals surface area (Å²) in [5, 5.41) is -0.394. The van der Waals surface area contributed by atoms with Crippen molar-refractivity contribution in [2.75, 3.05) is 0 Å². The molecule has 0 bridgehead atoms. The molecule has 0 unspecified atom stereocenters. The highest BCUT2D eigenvalue weighted by Crippen LogP contribution is 2.39. The third kappa shape index (κ3) is 3.75. The largest absolute Gasteiger partial charge is 0.418 e. The van der Waals surface area contributed by atoms with Gasteiger partial charge in [0.05, 0.1) is 28.8 Å². The van der Waals surface area contributed by atoms with Gasteiger partial charge < -0.3 is 5.73 Å². The lowest BCUT2D eigenvalue weighted by Gasteiger charge is -2.19. The normalized spacial score (nSPS) is 12.4. The Bertz CT molecular complexity index is 1050. The molecule has 2 aromatic heterocycles. The van der Waals surface area contributed by atoms with Crippen LogP contribution in [0.5, 0.6) is 0 Å². The molecule has 0 saturated carbocycles. The minimum absolute atomic E-state index is 0.0307. The molecule has 0 aliphatic heterocycles. The molecule has 0 fully saturated rings. The molecule has 10 heteroatoms. The Morgan fingerprint density at radius 1 is 1.04 bits per heavy atom. The van der Waals surface area contributed by atoms with E-state index in [1.165, 1.54) is 18.3 Å². The van der Waals surface area contributed by atoms with Gasteiger partial charge in [0.2, 0.25) is 5.91 Å². The molecule has 4 nitrogen and oxygen atoms in total. The van der Waals surface area contributed by atoms with Gasteiger partial charge in [-0.2, -0.15) is 26.3 Å². The van der Waals surface area contributed by atoms with Crippen LogP contribution in [0.2, 0.25) is 0 Å². The van der Waals surface area contributed by atoms with Gasteiger partial charge in [-0.15, -0.1) is 0 Å². The van der Waals surface area contributed by atoms with Gasteiger partial charge in [0.15, 0.2) is 0 Å². The van der Waals surface area contributed by atoms with Crippen LogP contribution in [0.4, 0.5) is 26.3 Å². The summed E-state index contributed by atoms with van der Waals surface area (Å²) in [5.41, 5.74) is 1.79. The van der Waals surface area contributed by atoms with Crippen LogP contribution in [0, 0.1) is 0 Å². The topological polar surface area (TPSA) is 68.9 Å². The van der Waals surface area contributed by atoms with E-state index in [0.717, 1.165) is 24.4 Å². The maximum absolute atomic E-state index is 13.4. The summed E-state index contributed by atoms with van der Waals surface area (Å²) in [6, 6.07) is 5.53. The number of para-hydroxylation sites is 1. The molecule has 2 N–H and O–H groups in total. The van der Waals surface area contributed by atoms with Gasteiger partial charge in [-0.1, -0.05) is 12.1 Å². The van der Waals surface area contributed by atoms with Crippen molar-refractivity contribution in [3.05, 3.63) is 59.4 Å². The number of nitrogens with zero attached hydrogens (tertiary/aromatic N) is 2. The first-order chi connectivity index (χ1) is 13.0. The van der Waals surface area contributed by atoms with Crippen molar-refractivity contribution in [3.8, 4) is 11.3 Å². The van der Waals surface area contributed by atoms with E-state index in [4.69, 9.17) is 5.73 Å². The lowest BCUT2D eigenvalue weighted by molar-refractivity contribution is -0.136. The van der Waals surface area contributed by atoms with Crippen molar-refractivity contribution in [3.63, 3.8) is 0 Å². The first kappa shape index (κ1) is 19.6. The van der Waals surface area contributed by atoms with Crippen LogP contribution in [-0.4, -0.2) is 22.1 Å². The van der Waals surface area contributed by atoms with Gasteiger partial charge in [0.25, 0.3) is 0 Å². The molecule has 1 aromatic carbocycles. The van der Waals surface area contributed by atoms with Crippen molar-refractivity contribution in [1.82, 2.24) is 9.97 Å². The fourth-order valence-corrected chi connectivity index (χ4v) is 2.95. The maximum Gasteiger partial charge on any atom is 0.418 e. The van der Waals surface area contributed by atoms with Crippen molar-refractivity contribution >= 4 is 16.8 Å². The van der Waals surface area contributed by atoms with E-state index in [1.807, 2.05) is 0 Å². The number of amides is 1. The number of alkyl halides is 6. The molecule has 28 heavy (non-hydrogen) atoms. The number of pyridine rings is 2. The van der Waals surface area contributed by atoms with E-state index in [0.29, 0.717) is 0 Å². The first-order valence-corrected chi connectivity index (χ1v) is 7.79. The third-order valence-electron chi connectivity index (χ3n) is 3.98. The Morgan fingerprint density at radius 3 is 2.29 bits per heavy atom. The average Bonchev–Trinajstić information content (AvgIpc) is 2.58. The smallest absolute Gasteiger partial charge is 0.366 e. The van der Waals surface area contributed by atoms with Crippen molar-refractivity contribution < 1.29 is 31.1 Å². The minimum atomic E-state index is -4.83. The molecule has 1 amide bonds. The molecule has 0 aliphatic rings. The van der Waals surface area contributed by atoms with E-state index in [1.54, 1.807) is 0 Å². The van der Waals surface area contributed by atoms with Gasteiger partial charge in [-0.25, -0.2) is 4.98 Å². The number of carbonyl (C=O) groups is 1. The summed E-state index contributed by atoms with van der Waals surface area (Å²) in [6.07, 6.45) is -8.69. The quantitative estimate of drug-likeness (QED) is 0.659. The van der Waals surface area contributed by atoms with E-state index < -0.39 is 58.0 Å². The molecule has 0 atom stereocenters. The number of primary amides is 1. The average molecular weight is 399 g/mol. The van der Waals surface area contributed by atoms with Crippen molar-refractivity contribution in [1.29, 1.82) is 0 Å². The van der Waals surface area contributed by atoms with Crippen molar-refractivity contribution in [2.24, 2.45) is 5.73 Å². The number of fused-ring (bicyclic) bond motifs is 1. The maximum atomic E-state index is 13.4.